The minimum Gasteiger partial charge on any atom is -0.508 e. The third-order valence-electron chi connectivity index (χ3n) is 25.4. The van der Waals surface area contributed by atoms with Gasteiger partial charge in [-0.3, -0.25) is 91.1 Å². The number of hydrogen-bond acceptors (Lipinski definition) is 25. The maximum Gasteiger partial charge on any atom is 0.328 e. The highest BCUT2D eigenvalue weighted by Gasteiger charge is 2.50. The lowest BCUT2D eigenvalue weighted by atomic mass is 10.0. The predicted octanol–water partition coefficient (Wildman–Crippen LogP) is -2.92. The second kappa shape index (κ2) is 50.0. The summed E-state index contributed by atoms with van der Waals surface area (Å²) < 4.78 is 6.15. The van der Waals surface area contributed by atoms with E-state index in [4.69, 9.17) is 21.9 Å². The van der Waals surface area contributed by atoms with Crippen LogP contribution < -0.4 is 70.4 Å². The van der Waals surface area contributed by atoms with Crippen molar-refractivity contribution in [3.63, 3.8) is 0 Å². The Balaban J connectivity index is 0.903. The Morgan fingerprint density at radius 3 is 1.26 bits per heavy atom. The molecule has 18 amide bonds. The number of methoxy groups -OCH3 is 1. The summed E-state index contributed by atoms with van der Waals surface area (Å²) in [6.45, 7) is 6.25. The lowest BCUT2D eigenvalue weighted by Crippen LogP contribution is -2.61. The minimum absolute atomic E-state index is 0.0118. The van der Waals surface area contributed by atoms with Crippen LogP contribution in [-0.2, 0) is 120 Å². The molecule has 4 aromatic rings. The van der Waals surface area contributed by atoms with E-state index in [1.54, 1.807) is 88.4 Å². The van der Waals surface area contributed by atoms with Crippen molar-refractivity contribution in [2.24, 2.45) is 29.0 Å². The summed E-state index contributed by atoms with van der Waals surface area (Å²) in [6, 6.07) is -0.00683. The normalized spacial score (nSPS) is 20.3. The Kier molecular flexibility index (Phi) is 38.3. The topological polar surface area (TPSA) is 674 Å². The van der Waals surface area contributed by atoms with Gasteiger partial charge in [-0.15, -0.1) is 5.10 Å². The molecule has 0 saturated carbocycles. The lowest BCUT2D eigenvalue weighted by Gasteiger charge is -2.33. The standard InChI is InChI=1S/C93H125N21O25/c1-50(2)42-62(102-78(122)57-31-36-76(119)97-57)80(124)99-59(28-33-73(94)116)87(131)109-38-12-22-70(109)84(128)104-64(44-52-16-8-6-9-17-52)90(134)111-40-13-20-68(111)82(126)100-60(29-34-74(95)117)88(132)113-48-55(114-49-67(107-108-114)81(125)106-66(93(138)139-5)46-53-18-10-7-11-19-53)47-72(113)86(130)98-58(32-37-77(120)121)79(123)103-63(43-51(3)4)89(133)110-39-15-23-71(110)85(129)105-65(45-54-24-26-56(115)27-25-54)91(135)112-41-14-21-69(112)83(127)101-61(92(136)137)30-35-75(96)118/h6-11,16-19,24-27,49-51,55,57-66,68-72,115H,12-15,20-23,28-48H2,1-5H3,(H2,94,116)(H2,95,117)(H2,96,118)(H,97,119)(H,98,130)(H,99,124)(H,100,126)(H,101,127)(H,102,122)(H,103,123)(H,104,128)(H,105,129)(H,106,125)(H,120,121)(H,136,137)/t55-,57+,58+,59+,60+,61+,62+,63+,64+,65+,66+,68+,69+,70+,71+,72+/m1/s1. The Hall–Kier alpha value is -14.5. The first-order valence-corrected chi connectivity index (χ1v) is 46.9. The molecule has 0 bridgehead atoms. The number of carbonyl (C=O) groups is 21. The SMILES string of the molecule is COC(=O)[C@H](Cc1ccccc1)NC(=O)c1cn([C@@H]2C[C@@H](C(=O)N[C@@H](CCC(=O)O)C(=O)N[C@@H](CC(C)C)C(=O)N3CCC[C@H]3C(=O)N[C@@H](Cc3ccc(O)cc3)C(=O)N3CCC[C@H]3C(=O)N[C@@H](CCC(N)=O)C(=O)O)N(C(=O)[C@H](CCC(N)=O)NC(=O)[C@@H]3CCCN3C(=O)[C@H](Cc3ccccc3)NC(=O)[C@@H]3CCCN3C(=O)[C@H](CCC(N)=O)NC(=O)[C@H](CC(C)C)NC(=O)[C@@H]3CCC(=O)N3)C2)nn1. The molecule has 46 heteroatoms. The Morgan fingerprint density at radius 2 is 0.813 bits per heavy atom. The molecule has 0 radical (unpaired) electrons. The first-order valence-electron chi connectivity index (χ1n) is 46.9. The second-order valence-corrected chi connectivity index (χ2v) is 36.7. The van der Waals surface area contributed by atoms with E-state index in [2.05, 4.69) is 63.5 Å². The quantitative estimate of drug-likeness (QED) is 0.0197. The average Bonchev–Trinajstić information content (AvgIpc) is 1.65. The van der Waals surface area contributed by atoms with Gasteiger partial charge in [-0.2, -0.15) is 0 Å². The highest BCUT2D eigenvalue weighted by atomic mass is 16.5. The summed E-state index contributed by atoms with van der Waals surface area (Å²) in [7, 11) is 1.12. The fraction of sp³-hybridized carbons (Fsp3) is 0.559. The summed E-state index contributed by atoms with van der Waals surface area (Å²) in [6.07, 6.45) is -2.57. The first-order chi connectivity index (χ1) is 66.1. The maximum atomic E-state index is 15.9. The number of aliphatic carboxylic acids is 2. The zero-order chi connectivity index (χ0) is 101. The molecule has 139 heavy (non-hydrogen) atoms. The summed E-state index contributed by atoms with van der Waals surface area (Å²) in [5.74, 6) is -19.8. The van der Waals surface area contributed by atoms with Crippen LogP contribution in [0.5, 0.6) is 5.75 Å². The second-order valence-electron chi connectivity index (χ2n) is 36.7. The van der Waals surface area contributed by atoms with E-state index in [0.717, 1.165) is 22.9 Å². The van der Waals surface area contributed by atoms with Gasteiger partial charge in [0.1, 0.15) is 96.4 Å². The molecule has 0 aliphatic carbocycles. The number of esters is 1. The molecule has 10 rings (SSSR count). The van der Waals surface area contributed by atoms with Crippen LogP contribution in [0.4, 0.5) is 0 Å². The van der Waals surface area contributed by atoms with E-state index in [-0.39, 0.29) is 165 Å². The van der Waals surface area contributed by atoms with E-state index in [9.17, 15) is 87.2 Å². The van der Waals surface area contributed by atoms with Crippen molar-refractivity contribution < 1.29 is 121 Å². The molecule has 19 N–H and O–H groups in total. The minimum atomic E-state index is -1.86. The Labute approximate surface area is 800 Å². The zero-order valence-corrected chi connectivity index (χ0v) is 78.2. The van der Waals surface area contributed by atoms with Crippen molar-refractivity contribution in [1.29, 1.82) is 0 Å². The predicted molar refractivity (Wildman–Crippen MR) is 489 cm³/mol. The number of carboxylic acid groups (broad SMARTS) is 2. The highest BCUT2D eigenvalue weighted by molar-refractivity contribution is 6.02. The van der Waals surface area contributed by atoms with Gasteiger partial charge in [-0.25, -0.2) is 14.3 Å². The van der Waals surface area contributed by atoms with Gasteiger partial charge in [-0.05, 0) is 137 Å². The molecule has 16 atom stereocenters. The Morgan fingerprint density at radius 1 is 0.432 bits per heavy atom. The number of amides is 18. The first kappa shape index (κ1) is 107. The number of ether oxygens (including phenoxy) is 1. The highest BCUT2D eigenvalue weighted by Crippen LogP contribution is 2.32. The molecule has 6 saturated heterocycles. The van der Waals surface area contributed by atoms with Gasteiger partial charge < -0.3 is 115 Å². The average molecular weight is 1940 g/mol. The molecular weight excluding hydrogens is 1810 g/mol. The number of nitrogens with zero attached hydrogens (tertiary/aromatic N) is 8. The zero-order valence-electron chi connectivity index (χ0n) is 78.2. The van der Waals surface area contributed by atoms with E-state index in [1.807, 2.05) is 0 Å². The molecule has 6 aliphatic rings. The number of benzene rings is 3. The van der Waals surface area contributed by atoms with Crippen LogP contribution in [0.15, 0.2) is 91.1 Å². The summed E-state index contributed by atoms with van der Waals surface area (Å²) in [5.41, 5.74) is 17.8. The smallest absolute Gasteiger partial charge is 0.328 e. The van der Waals surface area contributed by atoms with Crippen LogP contribution in [0.3, 0.4) is 0 Å². The van der Waals surface area contributed by atoms with Gasteiger partial charge in [-0.1, -0.05) is 106 Å². The largest absolute Gasteiger partial charge is 0.508 e. The van der Waals surface area contributed by atoms with Gasteiger partial charge in [0.25, 0.3) is 5.91 Å². The summed E-state index contributed by atoms with van der Waals surface area (Å²) in [5, 5.41) is 65.0. The van der Waals surface area contributed by atoms with Gasteiger partial charge in [0.05, 0.1) is 19.3 Å². The number of nitrogens with one attached hydrogen (secondary N) is 10. The molecule has 46 nitrogen and oxygen atoms in total. The molecule has 1 aromatic heterocycles. The van der Waals surface area contributed by atoms with Crippen LogP contribution in [0.2, 0.25) is 0 Å². The molecule has 7 heterocycles. The third-order valence-corrected chi connectivity index (χ3v) is 25.4. The number of phenolic OH excluding ortho intramolecular Hbond substituents is 1. The molecule has 752 valence electrons. The van der Waals surface area contributed by atoms with Crippen LogP contribution in [0, 0.1) is 11.8 Å². The van der Waals surface area contributed by atoms with Crippen molar-refractivity contribution in [2.75, 3.05) is 39.8 Å². The van der Waals surface area contributed by atoms with Gasteiger partial charge in [0.2, 0.25) is 100 Å². The van der Waals surface area contributed by atoms with Crippen molar-refractivity contribution in [1.82, 2.24) is 92.7 Å². The molecule has 0 spiro atoms. The van der Waals surface area contributed by atoms with Crippen LogP contribution in [-0.4, -0.2) is 310 Å². The van der Waals surface area contributed by atoms with Crippen molar-refractivity contribution in [3.05, 3.63) is 114 Å². The summed E-state index contributed by atoms with van der Waals surface area (Å²) in [4.78, 5) is 300. The number of carbonyl (C=O) groups excluding carboxylic acids is 19. The van der Waals surface area contributed by atoms with Gasteiger partial charge in [0, 0.05) is 90.5 Å². The number of phenols is 1. The Bertz CT molecular complexity index is 5180. The molecule has 6 aliphatic heterocycles. The van der Waals surface area contributed by atoms with E-state index in [0.29, 0.717) is 16.7 Å². The molecule has 0 unspecified atom stereocenters. The molecule has 6 fully saturated rings. The van der Waals surface area contributed by atoms with Crippen LogP contribution in [0.1, 0.15) is 196 Å². The maximum absolute atomic E-state index is 15.9. The monoisotopic (exact) mass is 1940 g/mol. The number of likely N-dealkylation sites (tertiary alicyclic amines) is 5. The van der Waals surface area contributed by atoms with Crippen molar-refractivity contribution in [3.8, 4) is 5.75 Å². The van der Waals surface area contributed by atoms with Gasteiger partial charge >= 0.3 is 17.9 Å². The third kappa shape index (κ3) is 29.7. The molecular formula is C93H125N21O25. The van der Waals surface area contributed by atoms with E-state index >= 15 is 28.8 Å². The fourth-order valence-corrected chi connectivity index (χ4v) is 18.3. The number of rotatable bonds is 48. The number of carboxylic acids is 2. The van der Waals surface area contributed by atoms with Crippen molar-refractivity contribution >= 4 is 124 Å². The lowest BCUT2D eigenvalue weighted by molar-refractivity contribution is -0.146. The number of nitrogens with two attached hydrogens (primary N) is 3. The number of hydrogen-bond donors (Lipinski definition) is 16. The number of primary amides is 3. The van der Waals surface area contributed by atoms with Gasteiger partial charge in [0.15, 0.2) is 5.69 Å². The molecule has 3 aromatic carbocycles. The van der Waals surface area contributed by atoms with Crippen LogP contribution >= 0.6 is 0 Å². The number of aromatic nitrogens is 3. The van der Waals surface area contributed by atoms with Crippen LogP contribution in [0.25, 0.3) is 0 Å². The summed E-state index contributed by atoms with van der Waals surface area (Å²) >= 11 is 0. The number of aromatic hydroxyl groups is 1. The van der Waals surface area contributed by atoms with E-state index in [1.165, 1.54) is 43.9 Å². The van der Waals surface area contributed by atoms with Crippen molar-refractivity contribution in [2.45, 2.75) is 278 Å². The fourth-order valence-electron chi connectivity index (χ4n) is 18.3. The van der Waals surface area contributed by atoms with E-state index < -0.39 is 266 Å².